The van der Waals surface area contributed by atoms with Gasteiger partial charge in [-0.2, -0.15) is 0 Å². The minimum absolute atomic E-state index is 0.183. The van der Waals surface area contributed by atoms with Crippen LogP contribution < -0.4 is 14.4 Å². The number of nitrogens with zero attached hydrogens (tertiary/aromatic N) is 1. The van der Waals surface area contributed by atoms with Gasteiger partial charge in [-0.15, -0.1) is 0 Å². The van der Waals surface area contributed by atoms with Crippen molar-refractivity contribution < 1.29 is 17.9 Å². The summed E-state index contributed by atoms with van der Waals surface area (Å²) in [6, 6.07) is 8.62. The van der Waals surface area contributed by atoms with Gasteiger partial charge in [-0.3, -0.25) is 9.10 Å². The third kappa shape index (κ3) is 6.67. The minimum atomic E-state index is -3.77. The first-order valence-electron chi connectivity index (χ1n) is 8.61. The minimum Gasteiger partial charge on any atom is -0.492 e. The van der Waals surface area contributed by atoms with E-state index in [1.807, 2.05) is 13.0 Å². The lowest BCUT2D eigenvalue weighted by atomic mass is 10.2. The topological polar surface area (TPSA) is 75.7 Å². The molecule has 0 radical (unpaired) electrons. The molecule has 158 valence electrons. The number of hydrogen-bond donors (Lipinski definition) is 1. The Labute approximate surface area is 185 Å². The van der Waals surface area contributed by atoms with E-state index < -0.39 is 22.0 Å². The van der Waals surface area contributed by atoms with Crippen LogP contribution >= 0.6 is 34.8 Å². The number of carbonyl (C=O) groups excluding carboxylic acids is 1. The highest BCUT2D eigenvalue weighted by Gasteiger charge is 2.29. The van der Waals surface area contributed by atoms with Crippen LogP contribution in [0.1, 0.15) is 12.5 Å². The van der Waals surface area contributed by atoms with E-state index >= 15 is 0 Å². The number of aryl methyl sites for hydroxylation is 1. The summed E-state index contributed by atoms with van der Waals surface area (Å²) in [5, 5.41) is 3.77. The molecule has 0 aromatic heterocycles. The number of ether oxygens (including phenoxy) is 1. The Morgan fingerprint density at radius 1 is 1.14 bits per heavy atom. The summed E-state index contributed by atoms with van der Waals surface area (Å²) in [7, 11) is -3.77. The predicted octanol–water partition coefficient (Wildman–Crippen LogP) is 4.30. The Morgan fingerprint density at radius 2 is 1.76 bits per heavy atom. The summed E-state index contributed by atoms with van der Waals surface area (Å²) >= 11 is 18.0. The number of halogens is 3. The first kappa shape index (κ1) is 23.6. The molecule has 0 aliphatic heterocycles. The van der Waals surface area contributed by atoms with Crippen molar-refractivity contribution in [1.82, 2.24) is 5.32 Å². The maximum absolute atomic E-state index is 12.5. The Balaban J connectivity index is 2.02. The fourth-order valence-electron chi connectivity index (χ4n) is 2.63. The molecule has 6 nitrogen and oxygen atoms in total. The molecule has 0 saturated heterocycles. The van der Waals surface area contributed by atoms with Crippen LogP contribution in [0.25, 0.3) is 0 Å². The third-order valence-electron chi connectivity index (χ3n) is 4.00. The highest BCUT2D eigenvalue weighted by molar-refractivity contribution is 7.92. The fraction of sp³-hybridized carbons (Fsp3) is 0.316. The van der Waals surface area contributed by atoms with Crippen molar-refractivity contribution in [1.29, 1.82) is 0 Å². The van der Waals surface area contributed by atoms with Crippen LogP contribution in [-0.2, 0) is 14.8 Å². The SMILES string of the molecule is Cc1ccc(OCCNC(=O)[C@@H](C)N(c2cc(Cl)cc(Cl)c2)S(C)(=O)=O)cc1Cl. The molecular weight excluding hydrogens is 459 g/mol. The molecule has 2 aromatic rings. The second-order valence-corrected chi connectivity index (χ2v) is 9.55. The smallest absolute Gasteiger partial charge is 0.243 e. The Bertz CT molecular complexity index is 979. The number of benzene rings is 2. The van der Waals surface area contributed by atoms with E-state index in [9.17, 15) is 13.2 Å². The summed E-state index contributed by atoms with van der Waals surface area (Å²) in [6.45, 7) is 3.74. The van der Waals surface area contributed by atoms with Crippen LogP contribution in [0.15, 0.2) is 36.4 Å². The molecule has 0 spiro atoms. The number of amides is 1. The molecule has 0 heterocycles. The molecule has 10 heteroatoms. The van der Waals surface area contributed by atoms with Gasteiger partial charge in [0.25, 0.3) is 0 Å². The van der Waals surface area contributed by atoms with Gasteiger partial charge >= 0.3 is 0 Å². The van der Waals surface area contributed by atoms with E-state index in [0.717, 1.165) is 16.1 Å². The van der Waals surface area contributed by atoms with Gasteiger partial charge in [0.2, 0.25) is 15.9 Å². The van der Waals surface area contributed by atoms with Crippen LogP contribution in [0.3, 0.4) is 0 Å². The average Bonchev–Trinajstić information content (AvgIpc) is 2.59. The first-order valence-corrected chi connectivity index (χ1v) is 11.6. The highest BCUT2D eigenvalue weighted by Crippen LogP contribution is 2.28. The second-order valence-electron chi connectivity index (χ2n) is 6.41. The molecule has 0 unspecified atom stereocenters. The van der Waals surface area contributed by atoms with E-state index in [4.69, 9.17) is 39.5 Å². The molecule has 0 aliphatic carbocycles. The van der Waals surface area contributed by atoms with Crippen molar-refractivity contribution in [3.63, 3.8) is 0 Å². The summed E-state index contributed by atoms with van der Waals surface area (Å²) in [5.41, 5.74) is 1.14. The van der Waals surface area contributed by atoms with E-state index in [1.165, 1.54) is 25.1 Å². The molecule has 1 N–H and O–H groups in total. The lowest BCUT2D eigenvalue weighted by Gasteiger charge is -2.28. The molecule has 0 bridgehead atoms. The van der Waals surface area contributed by atoms with Crippen LogP contribution in [0.4, 0.5) is 5.69 Å². The van der Waals surface area contributed by atoms with Gasteiger partial charge < -0.3 is 10.1 Å². The van der Waals surface area contributed by atoms with Gasteiger partial charge in [0.1, 0.15) is 18.4 Å². The molecule has 2 aromatic carbocycles. The van der Waals surface area contributed by atoms with Crippen LogP contribution in [0.2, 0.25) is 15.1 Å². The van der Waals surface area contributed by atoms with Crippen LogP contribution in [-0.4, -0.2) is 39.8 Å². The lowest BCUT2D eigenvalue weighted by Crippen LogP contribution is -2.48. The van der Waals surface area contributed by atoms with Gasteiger partial charge in [0.15, 0.2) is 0 Å². The van der Waals surface area contributed by atoms with E-state index in [-0.39, 0.29) is 28.9 Å². The van der Waals surface area contributed by atoms with Crippen molar-refractivity contribution in [2.24, 2.45) is 0 Å². The molecule has 0 aliphatic rings. The highest BCUT2D eigenvalue weighted by atomic mass is 35.5. The predicted molar refractivity (Wildman–Crippen MR) is 118 cm³/mol. The Kier molecular flexibility index (Phi) is 8.05. The Hall–Kier alpha value is -1.67. The number of sulfonamides is 1. The summed E-state index contributed by atoms with van der Waals surface area (Å²) in [4.78, 5) is 12.5. The quantitative estimate of drug-likeness (QED) is 0.573. The zero-order valence-electron chi connectivity index (χ0n) is 16.1. The zero-order chi connectivity index (χ0) is 21.8. The van der Waals surface area contributed by atoms with Crippen molar-refractivity contribution >= 4 is 56.4 Å². The van der Waals surface area contributed by atoms with E-state index in [0.29, 0.717) is 10.8 Å². The standard InChI is InChI=1S/C19H21Cl3N2O4S/c1-12-4-5-17(11-18(12)22)28-7-6-23-19(25)13(2)24(29(3,26)27)16-9-14(20)8-15(21)10-16/h4-5,8-11,13H,6-7H2,1-3H3,(H,23,25)/t13-/m1/s1. The van der Waals surface area contributed by atoms with Gasteiger partial charge in [-0.25, -0.2) is 8.42 Å². The Morgan fingerprint density at radius 3 is 2.31 bits per heavy atom. The lowest BCUT2D eigenvalue weighted by molar-refractivity contribution is -0.121. The monoisotopic (exact) mass is 478 g/mol. The summed E-state index contributed by atoms with van der Waals surface area (Å²) in [6.07, 6.45) is 1.01. The molecular formula is C19H21Cl3N2O4S. The normalized spacial score (nSPS) is 12.3. The number of anilines is 1. The maximum atomic E-state index is 12.5. The number of hydrogen-bond acceptors (Lipinski definition) is 4. The molecule has 2 rings (SSSR count). The molecule has 0 fully saturated rings. The van der Waals surface area contributed by atoms with Gasteiger partial charge in [-0.05, 0) is 49.7 Å². The molecule has 29 heavy (non-hydrogen) atoms. The molecule has 0 saturated carbocycles. The first-order chi connectivity index (χ1) is 13.5. The molecule has 1 amide bonds. The number of rotatable bonds is 8. The summed E-state index contributed by atoms with van der Waals surface area (Å²) < 4.78 is 31.1. The summed E-state index contributed by atoms with van der Waals surface area (Å²) in [5.74, 6) is 0.0892. The number of nitrogens with one attached hydrogen (secondary N) is 1. The van der Waals surface area contributed by atoms with Crippen molar-refractivity contribution in [3.05, 3.63) is 57.0 Å². The van der Waals surface area contributed by atoms with Gasteiger partial charge in [0.05, 0.1) is 18.5 Å². The second kappa shape index (κ2) is 9.89. The van der Waals surface area contributed by atoms with Crippen molar-refractivity contribution in [2.45, 2.75) is 19.9 Å². The molecule has 1 atom stereocenters. The largest absolute Gasteiger partial charge is 0.492 e. The van der Waals surface area contributed by atoms with Crippen LogP contribution in [0.5, 0.6) is 5.75 Å². The van der Waals surface area contributed by atoms with Crippen molar-refractivity contribution in [2.75, 3.05) is 23.7 Å². The maximum Gasteiger partial charge on any atom is 0.243 e. The van der Waals surface area contributed by atoms with Gasteiger partial charge in [-0.1, -0.05) is 40.9 Å². The van der Waals surface area contributed by atoms with Gasteiger partial charge in [0, 0.05) is 15.1 Å². The van der Waals surface area contributed by atoms with E-state index in [1.54, 1.807) is 12.1 Å². The average molecular weight is 480 g/mol. The fourth-order valence-corrected chi connectivity index (χ4v) is 4.47. The van der Waals surface area contributed by atoms with Crippen molar-refractivity contribution in [3.8, 4) is 5.75 Å². The van der Waals surface area contributed by atoms with E-state index in [2.05, 4.69) is 5.32 Å². The third-order valence-corrected chi connectivity index (χ3v) is 6.09. The van der Waals surface area contributed by atoms with Crippen LogP contribution in [0, 0.1) is 6.92 Å². The zero-order valence-corrected chi connectivity index (χ0v) is 19.2. The number of carbonyl (C=O) groups is 1.